The van der Waals surface area contributed by atoms with Crippen molar-refractivity contribution in [2.45, 2.75) is 57.3 Å². The molecule has 1 fully saturated rings. The van der Waals surface area contributed by atoms with Crippen molar-refractivity contribution in [1.29, 1.82) is 0 Å². The first-order valence-corrected chi connectivity index (χ1v) is 11.4. The molecule has 1 heterocycles. The summed E-state index contributed by atoms with van der Waals surface area (Å²) in [7, 11) is -3.55. The number of amides is 1. The summed E-state index contributed by atoms with van der Waals surface area (Å²) in [6.07, 6.45) is 5.73. The van der Waals surface area contributed by atoms with Crippen molar-refractivity contribution in [3.8, 4) is 0 Å². The zero-order valence-electron chi connectivity index (χ0n) is 16.5. The molecule has 6 nitrogen and oxygen atoms in total. The topological polar surface area (TPSA) is 75.7 Å². The summed E-state index contributed by atoms with van der Waals surface area (Å²) in [5.41, 5.74) is 1.05. The van der Waals surface area contributed by atoms with Crippen molar-refractivity contribution in [3.63, 3.8) is 0 Å². The molecule has 1 aliphatic heterocycles. The smallest absolute Gasteiger partial charge is 0.251 e. The Balaban J connectivity index is 1.96. The first-order chi connectivity index (χ1) is 13.0. The van der Waals surface area contributed by atoms with Gasteiger partial charge in [0.1, 0.15) is 0 Å². The van der Waals surface area contributed by atoms with E-state index in [9.17, 15) is 13.2 Å². The minimum atomic E-state index is -3.55. The van der Waals surface area contributed by atoms with Crippen LogP contribution in [0.2, 0.25) is 0 Å². The second-order valence-corrected chi connectivity index (χ2v) is 8.93. The van der Waals surface area contributed by atoms with Gasteiger partial charge in [-0.05, 0) is 50.3 Å². The fourth-order valence-corrected chi connectivity index (χ4v) is 4.86. The summed E-state index contributed by atoms with van der Waals surface area (Å²) >= 11 is 0. The lowest BCUT2D eigenvalue weighted by molar-refractivity contribution is 0.0940. The van der Waals surface area contributed by atoms with Crippen molar-refractivity contribution >= 4 is 15.9 Å². The molecule has 0 aromatic heterocycles. The van der Waals surface area contributed by atoms with Gasteiger partial charge >= 0.3 is 0 Å². The van der Waals surface area contributed by atoms with Crippen LogP contribution in [0.4, 0.5) is 0 Å². The third-order valence-corrected chi connectivity index (χ3v) is 6.82. The van der Waals surface area contributed by atoms with Crippen LogP contribution in [0.1, 0.15) is 61.4 Å². The zero-order chi connectivity index (χ0) is 19.7. The van der Waals surface area contributed by atoms with Crippen LogP contribution in [0.3, 0.4) is 0 Å². The molecular weight excluding hydrogens is 364 g/mol. The van der Waals surface area contributed by atoms with E-state index >= 15 is 0 Å². The van der Waals surface area contributed by atoms with E-state index in [1.54, 1.807) is 19.1 Å². The Kier molecular flexibility index (Phi) is 8.73. The lowest BCUT2D eigenvalue weighted by Crippen LogP contribution is -2.36. The Morgan fingerprint density at radius 1 is 1.15 bits per heavy atom. The Bertz CT molecular complexity index is 713. The second-order valence-electron chi connectivity index (χ2n) is 7.02. The van der Waals surface area contributed by atoms with E-state index in [2.05, 4.69) is 12.2 Å². The number of benzene rings is 1. The van der Waals surface area contributed by atoms with Gasteiger partial charge in [0.15, 0.2) is 0 Å². The number of hydrogen-bond donors (Lipinski definition) is 1. The Morgan fingerprint density at radius 2 is 1.85 bits per heavy atom. The van der Waals surface area contributed by atoms with E-state index in [0.717, 1.165) is 45.1 Å². The van der Waals surface area contributed by atoms with Crippen molar-refractivity contribution in [1.82, 2.24) is 9.62 Å². The first-order valence-electron chi connectivity index (χ1n) is 9.93. The molecule has 0 saturated carbocycles. The number of piperidine rings is 1. The Labute approximate surface area is 163 Å². The molecule has 1 amide bonds. The van der Waals surface area contributed by atoms with Crippen LogP contribution in [0.15, 0.2) is 23.1 Å². The van der Waals surface area contributed by atoms with E-state index in [1.165, 1.54) is 10.4 Å². The number of nitrogens with one attached hydrogen (secondary N) is 1. The van der Waals surface area contributed by atoms with Gasteiger partial charge in [-0.2, -0.15) is 4.31 Å². The molecule has 1 aromatic rings. The van der Waals surface area contributed by atoms with Gasteiger partial charge in [0, 0.05) is 38.4 Å². The molecule has 0 atom stereocenters. The van der Waals surface area contributed by atoms with Gasteiger partial charge in [0.25, 0.3) is 5.91 Å². The maximum Gasteiger partial charge on any atom is 0.251 e. The molecule has 1 N–H and O–H groups in total. The predicted octanol–water partition coefficient (Wildman–Crippen LogP) is 3.11. The van der Waals surface area contributed by atoms with Gasteiger partial charge in [0.05, 0.1) is 4.90 Å². The van der Waals surface area contributed by atoms with Crippen molar-refractivity contribution in [2.75, 3.05) is 32.8 Å². The van der Waals surface area contributed by atoms with Gasteiger partial charge in [-0.25, -0.2) is 8.42 Å². The van der Waals surface area contributed by atoms with Gasteiger partial charge < -0.3 is 10.1 Å². The standard InChI is InChI=1S/C20H32N2O4S/c1-3-4-14-26-15-8-11-21-20(23)18-10-9-17(2)19(16-18)27(24,25)22-12-6-5-7-13-22/h9-10,16H,3-8,11-15H2,1-2H3,(H,21,23). The van der Waals surface area contributed by atoms with Crippen LogP contribution >= 0.6 is 0 Å². The monoisotopic (exact) mass is 396 g/mol. The summed E-state index contributed by atoms with van der Waals surface area (Å²) in [5, 5.41) is 2.84. The number of carbonyl (C=O) groups is 1. The van der Waals surface area contributed by atoms with E-state index < -0.39 is 10.0 Å². The molecule has 152 valence electrons. The lowest BCUT2D eigenvalue weighted by atomic mass is 10.1. The minimum Gasteiger partial charge on any atom is -0.381 e. The molecule has 2 rings (SSSR count). The maximum atomic E-state index is 12.9. The van der Waals surface area contributed by atoms with Gasteiger partial charge in [-0.1, -0.05) is 25.8 Å². The van der Waals surface area contributed by atoms with Crippen molar-refractivity contribution in [3.05, 3.63) is 29.3 Å². The van der Waals surface area contributed by atoms with Gasteiger partial charge in [-0.15, -0.1) is 0 Å². The molecule has 27 heavy (non-hydrogen) atoms. The van der Waals surface area contributed by atoms with Crippen LogP contribution in [0.25, 0.3) is 0 Å². The van der Waals surface area contributed by atoms with Crippen LogP contribution in [-0.2, 0) is 14.8 Å². The summed E-state index contributed by atoms with van der Waals surface area (Å²) in [5.74, 6) is -0.251. The fraction of sp³-hybridized carbons (Fsp3) is 0.650. The second kappa shape index (κ2) is 10.8. The van der Waals surface area contributed by atoms with E-state index in [1.807, 2.05) is 0 Å². The van der Waals surface area contributed by atoms with Crippen LogP contribution < -0.4 is 5.32 Å². The Morgan fingerprint density at radius 3 is 2.56 bits per heavy atom. The van der Waals surface area contributed by atoms with E-state index in [0.29, 0.717) is 37.4 Å². The SMILES string of the molecule is CCCCOCCCNC(=O)c1ccc(C)c(S(=O)(=O)N2CCCCC2)c1. The highest BCUT2D eigenvalue weighted by Gasteiger charge is 2.28. The molecule has 1 saturated heterocycles. The summed E-state index contributed by atoms with van der Waals surface area (Å²) in [6.45, 7) is 6.86. The number of nitrogens with zero attached hydrogens (tertiary/aromatic N) is 1. The molecular formula is C20H32N2O4S. The number of hydrogen-bond acceptors (Lipinski definition) is 4. The normalized spacial score (nSPS) is 15.6. The zero-order valence-corrected chi connectivity index (χ0v) is 17.3. The van der Waals surface area contributed by atoms with Crippen LogP contribution in [-0.4, -0.2) is 51.5 Å². The predicted molar refractivity (Wildman–Crippen MR) is 106 cm³/mol. The van der Waals surface area contributed by atoms with Crippen molar-refractivity contribution < 1.29 is 17.9 Å². The van der Waals surface area contributed by atoms with E-state index in [4.69, 9.17) is 4.74 Å². The summed E-state index contributed by atoms with van der Waals surface area (Å²) < 4.78 is 32.9. The maximum absolute atomic E-state index is 12.9. The molecule has 0 radical (unpaired) electrons. The number of aryl methyl sites for hydroxylation is 1. The van der Waals surface area contributed by atoms with Crippen LogP contribution in [0.5, 0.6) is 0 Å². The minimum absolute atomic E-state index is 0.236. The molecule has 1 aliphatic rings. The van der Waals surface area contributed by atoms with Gasteiger partial charge in [-0.3, -0.25) is 4.79 Å². The summed E-state index contributed by atoms with van der Waals surface area (Å²) in [4.78, 5) is 12.6. The highest BCUT2D eigenvalue weighted by molar-refractivity contribution is 7.89. The van der Waals surface area contributed by atoms with Crippen molar-refractivity contribution in [2.24, 2.45) is 0 Å². The van der Waals surface area contributed by atoms with Crippen LogP contribution in [0, 0.1) is 6.92 Å². The van der Waals surface area contributed by atoms with Gasteiger partial charge in [0.2, 0.25) is 10.0 Å². The number of rotatable bonds is 10. The summed E-state index contributed by atoms with van der Waals surface area (Å²) in [6, 6.07) is 4.89. The average molecular weight is 397 g/mol. The number of unbranched alkanes of at least 4 members (excludes halogenated alkanes) is 1. The highest BCUT2D eigenvalue weighted by atomic mass is 32.2. The molecule has 0 aliphatic carbocycles. The highest BCUT2D eigenvalue weighted by Crippen LogP contribution is 2.24. The molecule has 7 heteroatoms. The number of sulfonamides is 1. The first kappa shape index (κ1) is 21.9. The number of ether oxygens (including phenoxy) is 1. The number of carbonyl (C=O) groups excluding carboxylic acids is 1. The van der Waals surface area contributed by atoms with E-state index in [-0.39, 0.29) is 10.8 Å². The average Bonchev–Trinajstić information content (AvgIpc) is 2.68. The third kappa shape index (κ3) is 6.30. The molecule has 0 spiro atoms. The molecule has 0 bridgehead atoms. The third-order valence-electron chi connectivity index (χ3n) is 4.78. The molecule has 0 unspecified atom stereocenters. The lowest BCUT2D eigenvalue weighted by Gasteiger charge is -2.26. The molecule has 1 aromatic carbocycles. The Hall–Kier alpha value is -1.44. The largest absolute Gasteiger partial charge is 0.381 e. The fourth-order valence-electron chi connectivity index (χ4n) is 3.09. The quantitative estimate of drug-likeness (QED) is 0.617.